The molecular formula is C21H18FN5O5. The summed E-state index contributed by atoms with van der Waals surface area (Å²) in [5.41, 5.74) is 0.140. The molecule has 0 aromatic heterocycles. The molecule has 2 saturated heterocycles. The van der Waals surface area contributed by atoms with E-state index in [4.69, 9.17) is 0 Å². The standard InChI is InChI=1S/C21H18FN5O5/c22-13-1-3-14(4-2-13)25-7-8-26-16-6-5-15(27(31)32)9-12(16)10-21(17(26)11-25)18(28)23-20(30)24-19(21)29/h1-6,9,17H,7-8,10-11H2,(H2,23,24,28,29,30)/t17-/m1/s1. The van der Waals surface area contributed by atoms with E-state index in [9.17, 15) is 28.9 Å². The predicted octanol–water partition coefficient (Wildman–Crippen LogP) is 1.34. The average molecular weight is 439 g/mol. The number of non-ortho nitro benzene ring substituents is 1. The van der Waals surface area contributed by atoms with E-state index in [1.807, 2.05) is 9.80 Å². The molecule has 10 nitrogen and oxygen atoms in total. The third-order valence-corrected chi connectivity index (χ3v) is 6.46. The van der Waals surface area contributed by atoms with Crippen LogP contribution in [0.2, 0.25) is 0 Å². The molecule has 3 aliphatic rings. The molecule has 2 aromatic rings. The Bertz CT molecular complexity index is 1150. The minimum atomic E-state index is -1.66. The van der Waals surface area contributed by atoms with Crippen LogP contribution >= 0.6 is 0 Å². The third kappa shape index (κ3) is 2.88. The lowest BCUT2D eigenvalue weighted by molar-refractivity contribution is -0.384. The highest BCUT2D eigenvalue weighted by molar-refractivity contribution is 6.20. The Morgan fingerprint density at radius 1 is 1.03 bits per heavy atom. The van der Waals surface area contributed by atoms with E-state index < -0.39 is 34.2 Å². The number of fused-ring (bicyclic) bond motifs is 4. The van der Waals surface area contributed by atoms with Crippen LogP contribution < -0.4 is 20.4 Å². The van der Waals surface area contributed by atoms with Gasteiger partial charge in [0.1, 0.15) is 5.82 Å². The van der Waals surface area contributed by atoms with Gasteiger partial charge in [-0.05, 0) is 35.9 Å². The van der Waals surface area contributed by atoms with Gasteiger partial charge in [-0.1, -0.05) is 0 Å². The molecule has 3 heterocycles. The summed E-state index contributed by atoms with van der Waals surface area (Å²) in [7, 11) is 0. The lowest BCUT2D eigenvalue weighted by Crippen LogP contribution is -2.74. The molecule has 1 atom stereocenters. The van der Waals surface area contributed by atoms with Crippen LogP contribution in [-0.4, -0.2) is 48.4 Å². The third-order valence-electron chi connectivity index (χ3n) is 6.46. The van der Waals surface area contributed by atoms with E-state index in [1.54, 1.807) is 18.2 Å². The van der Waals surface area contributed by atoms with Gasteiger partial charge in [0.25, 0.3) is 5.69 Å². The van der Waals surface area contributed by atoms with Gasteiger partial charge in [0.05, 0.1) is 11.0 Å². The van der Waals surface area contributed by atoms with Crippen molar-refractivity contribution in [2.75, 3.05) is 29.4 Å². The number of carbonyl (C=O) groups is 3. The van der Waals surface area contributed by atoms with Crippen LogP contribution in [-0.2, 0) is 16.0 Å². The van der Waals surface area contributed by atoms with Crippen LogP contribution in [0, 0.1) is 21.3 Å². The number of nitrogens with one attached hydrogen (secondary N) is 2. The molecular weight excluding hydrogens is 421 g/mol. The number of hydrogen-bond acceptors (Lipinski definition) is 7. The number of barbiturate groups is 1. The largest absolute Gasteiger partial charge is 0.368 e. The topological polar surface area (TPSA) is 125 Å². The van der Waals surface area contributed by atoms with E-state index in [-0.39, 0.29) is 24.5 Å². The molecule has 11 heteroatoms. The molecule has 4 amide bonds. The number of imide groups is 2. The first-order chi connectivity index (χ1) is 15.3. The highest BCUT2D eigenvalue weighted by Gasteiger charge is 2.61. The Hall–Kier alpha value is -4.02. The summed E-state index contributed by atoms with van der Waals surface area (Å²) in [5, 5.41) is 15.7. The van der Waals surface area contributed by atoms with Crippen molar-refractivity contribution in [3.05, 3.63) is 64.0 Å². The summed E-state index contributed by atoms with van der Waals surface area (Å²) in [6, 6.07) is 8.78. The number of nitro benzene ring substituents is 1. The van der Waals surface area contributed by atoms with Crippen molar-refractivity contribution in [1.82, 2.24) is 10.6 Å². The number of nitro groups is 1. The van der Waals surface area contributed by atoms with Crippen molar-refractivity contribution < 1.29 is 23.7 Å². The molecule has 0 saturated carbocycles. The number of anilines is 2. The highest BCUT2D eigenvalue weighted by atomic mass is 19.1. The fraction of sp³-hybridized carbons (Fsp3) is 0.286. The predicted molar refractivity (Wildman–Crippen MR) is 111 cm³/mol. The number of amides is 4. The van der Waals surface area contributed by atoms with E-state index in [0.29, 0.717) is 24.3 Å². The maximum absolute atomic E-state index is 13.4. The molecule has 0 aliphatic carbocycles. The number of halogens is 1. The van der Waals surface area contributed by atoms with Crippen LogP contribution in [0.15, 0.2) is 42.5 Å². The number of rotatable bonds is 2. The number of benzene rings is 2. The second-order valence-electron chi connectivity index (χ2n) is 8.09. The average Bonchev–Trinajstić information content (AvgIpc) is 2.77. The Balaban J connectivity index is 1.61. The number of nitrogens with zero attached hydrogens (tertiary/aromatic N) is 3. The second-order valence-corrected chi connectivity index (χ2v) is 8.09. The minimum Gasteiger partial charge on any atom is -0.368 e. The molecule has 0 bridgehead atoms. The summed E-state index contributed by atoms with van der Waals surface area (Å²) in [5.74, 6) is -1.85. The van der Waals surface area contributed by atoms with E-state index in [2.05, 4.69) is 10.6 Å². The van der Waals surface area contributed by atoms with Gasteiger partial charge >= 0.3 is 6.03 Å². The summed E-state index contributed by atoms with van der Waals surface area (Å²) < 4.78 is 13.4. The van der Waals surface area contributed by atoms with Crippen LogP contribution in [0.4, 0.5) is 26.2 Å². The number of carbonyl (C=O) groups excluding carboxylic acids is 3. The highest BCUT2D eigenvalue weighted by Crippen LogP contribution is 2.45. The number of hydrogen-bond donors (Lipinski definition) is 2. The van der Waals surface area contributed by atoms with Gasteiger partial charge in [0, 0.05) is 49.6 Å². The van der Waals surface area contributed by atoms with Crippen LogP contribution in [0.25, 0.3) is 0 Å². The smallest absolute Gasteiger partial charge is 0.328 e. The Morgan fingerprint density at radius 2 is 1.72 bits per heavy atom. The molecule has 1 spiro atoms. The molecule has 32 heavy (non-hydrogen) atoms. The number of urea groups is 1. The van der Waals surface area contributed by atoms with Crippen molar-refractivity contribution in [3.8, 4) is 0 Å². The van der Waals surface area contributed by atoms with E-state index in [0.717, 1.165) is 5.69 Å². The van der Waals surface area contributed by atoms with Gasteiger partial charge < -0.3 is 9.80 Å². The van der Waals surface area contributed by atoms with Crippen LogP contribution in [0.1, 0.15) is 5.56 Å². The normalized spacial score (nSPS) is 21.5. The maximum atomic E-state index is 13.4. The van der Waals surface area contributed by atoms with Crippen molar-refractivity contribution in [2.45, 2.75) is 12.5 Å². The molecule has 0 radical (unpaired) electrons. The zero-order valence-electron chi connectivity index (χ0n) is 16.7. The van der Waals surface area contributed by atoms with Crippen LogP contribution in [0.5, 0.6) is 0 Å². The fourth-order valence-electron chi connectivity index (χ4n) is 4.93. The zero-order chi connectivity index (χ0) is 22.6. The minimum absolute atomic E-state index is 0.0899. The van der Waals surface area contributed by atoms with Crippen LogP contribution in [0.3, 0.4) is 0 Å². The molecule has 2 N–H and O–H groups in total. The van der Waals surface area contributed by atoms with E-state index >= 15 is 0 Å². The Morgan fingerprint density at radius 3 is 2.38 bits per heavy atom. The SMILES string of the molecule is O=C1NC(=O)C2(Cc3cc([N+](=O)[O-])ccc3N3CCN(c4ccc(F)cc4)C[C@@H]32)C(=O)N1. The maximum Gasteiger partial charge on any atom is 0.328 e. The first-order valence-electron chi connectivity index (χ1n) is 10.0. The first-order valence-corrected chi connectivity index (χ1v) is 10.0. The summed E-state index contributed by atoms with van der Waals surface area (Å²) in [6.45, 7) is 1.21. The van der Waals surface area contributed by atoms with Gasteiger partial charge in [0.15, 0.2) is 5.41 Å². The van der Waals surface area contributed by atoms with Gasteiger partial charge in [-0.2, -0.15) is 0 Å². The molecule has 2 aromatic carbocycles. The quantitative estimate of drug-likeness (QED) is 0.411. The van der Waals surface area contributed by atoms with Crippen molar-refractivity contribution in [2.24, 2.45) is 5.41 Å². The van der Waals surface area contributed by atoms with E-state index in [1.165, 1.54) is 24.3 Å². The van der Waals surface area contributed by atoms with Gasteiger partial charge in [-0.3, -0.25) is 30.3 Å². The van der Waals surface area contributed by atoms with Crippen molar-refractivity contribution in [1.29, 1.82) is 0 Å². The van der Waals surface area contributed by atoms with Crippen molar-refractivity contribution >= 4 is 34.9 Å². The molecule has 3 aliphatic heterocycles. The Labute approximate surface area is 181 Å². The zero-order valence-corrected chi connectivity index (χ0v) is 16.7. The van der Waals surface area contributed by atoms with Gasteiger partial charge in [-0.25, -0.2) is 9.18 Å². The monoisotopic (exact) mass is 439 g/mol. The molecule has 0 unspecified atom stereocenters. The lowest BCUT2D eigenvalue weighted by atomic mass is 9.68. The Kier molecular flexibility index (Phi) is 4.36. The second kappa shape index (κ2) is 7.01. The van der Waals surface area contributed by atoms with Gasteiger partial charge in [-0.15, -0.1) is 0 Å². The lowest BCUT2D eigenvalue weighted by Gasteiger charge is -2.54. The number of piperazine rings is 1. The van der Waals surface area contributed by atoms with Crippen molar-refractivity contribution in [3.63, 3.8) is 0 Å². The summed E-state index contributed by atoms with van der Waals surface area (Å²) in [6.07, 6.45) is -0.0899. The molecule has 164 valence electrons. The molecule has 5 rings (SSSR count). The first kappa shape index (κ1) is 19.9. The molecule has 2 fully saturated rings. The summed E-state index contributed by atoms with van der Waals surface area (Å²) in [4.78, 5) is 52.7. The summed E-state index contributed by atoms with van der Waals surface area (Å²) >= 11 is 0. The fourth-order valence-corrected chi connectivity index (χ4v) is 4.93. The van der Waals surface area contributed by atoms with Gasteiger partial charge in [0.2, 0.25) is 11.8 Å².